The predicted molar refractivity (Wildman–Crippen MR) is 127 cm³/mol. The lowest BCUT2D eigenvalue weighted by Crippen LogP contribution is -2.68. The molecule has 0 aromatic heterocycles. The molecule has 0 aromatic rings. The van der Waals surface area contributed by atoms with Gasteiger partial charge in [0, 0.05) is 24.0 Å². The van der Waals surface area contributed by atoms with Crippen LogP contribution in [0.2, 0.25) is 0 Å². The van der Waals surface area contributed by atoms with Crippen LogP contribution < -0.4 is 0 Å². The predicted octanol–water partition coefficient (Wildman–Crippen LogP) is 1.14. The Morgan fingerprint density at radius 1 is 1.00 bits per heavy atom. The first kappa shape index (κ1) is 26.1. The van der Waals surface area contributed by atoms with Crippen LogP contribution >= 0.6 is 0 Å². The summed E-state index contributed by atoms with van der Waals surface area (Å²) in [5.74, 6) is -2.57. The summed E-state index contributed by atoms with van der Waals surface area (Å²) in [5, 5.41) is 21.6. The van der Waals surface area contributed by atoms with Gasteiger partial charge in [-0.1, -0.05) is 32.1 Å². The Bertz CT molecular complexity index is 1060. The van der Waals surface area contributed by atoms with Crippen molar-refractivity contribution in [2.45, 2.75) is 76.2 Å². The molecule has 10 nitrogen and oxygen atoms in total. The number of esters is 3. The topological polar surface area (TPSA) is 141 Å². The summed E-state index contributed by atoms with van der Waals surface area (Å²) in [7, 11) is 0. The molecule has 2 saturated heterocycles. The molecule has 1 saturated carbocycles. The highest BCUT2D eigenvalue weighted by molar-refractivity contribution is 5.84. The van der Waals surface area contributed by atoms with E-state index in [9.17, 15) is 24.6 Å². The highest BCUT2D eigenvalue weighted by Crippen LogP contribution is 2.72. The minimum atomic E-state index is -1.44. The van der Waals surface area contributed by atoms with Crippen molar-refractivity contribution in [1.82, 2.24) is 0 Å². The minimum Gasteiger partial charge on any atom is -0.463 e. The molecule has 0 unspecified atom stereocenters. The van der Waals surface area contributed by atoms with E-state index in [-0.39, 0.29) is 32.2 Å². The maximum atomic E-state index is 13.0. The lowest BCUT2D eigenvalue weighted by atomic mass is 9.51. The second kappa shape index (κ2) is 9.34. The fourth-order valence-electron chi connectivity index (χ4n) is 6.66. The summed E-state index contributed by atoms with van der Waals surface area (Å²) < 4.78 is 29.3. The zero-order valence-electron chi connectivity index (χ0n) is 21.3. The highest BCUT2D eigenvalue weighted by Gasteiger charge is 2.83. The van der Waals surface area contributed by atoms with E-state index in [1.807, 2.05) is 19.9 Å². The van der Waals surface area contributed by atoms with E-state index in [0.717, 1.165) is 5.57 Å². The molecule has 2 N–H and O–H groups in total. The van der Waals surface area contributed by atoms with Gasteiger partial charge in [0.15, 0.2) is 6.10 Å². The van der Waals surface area contributed by atoms with Gasteiger partial charge in [-0.2, -0.15) is 0 Å². The van der Waals surface area contributed by atoms with E-state index < -0.39 is 64.7 Å². The van der Waals surface area contributed by atoms with Crippen molar-refractivity contribution < 1.29 is 48.3 Å². The SMILES string of the molecule is CC1=C[C@@H]2O[C@@H]3C[C@H]4OC(=O)/C=C\C=C/C(=O)OCC[C@@H](C)[C@@H](O)C(=O)OC[C@]2(C[C@@H]1O)[C@@]4(C)[C@@]31CO1. The summed E-state index contributed by atoms with van der Waals surface area (Å²) in [5.41, 5.74) is -1.84. The summed E-state index contributed by atoms with van der Waals surface area (Å²) >= 11 is 0. The summed E-state index contributed by atoms with van der Waals surface area (Å²) in [6.07, 6.45) is 4.09. The normalized spacial score (nSPS) is 47.9. The maximum absolute atomic E-state index is 13.0. The fraction of sp³-hybridized carbons (Fsp3) is 0.667. The molecule has 202 valence electrons. The molecule has 2 aliphatic carbocycles. The number of rotatable bonds is 0. The number of ether oxygens (including phenoxy) is 5. The third kappa shape index (κ3) is 4.05. The Hall–Kier alpha value is -2.53. The monoisotopic (exact) mass is 518 g/mol. The minimum absolute atomic E-state index is 0.00243. The molecule has 10 heteroatoms. The van der Waals surface area contributed by atoms with E-state index >= 15 is 0 Å². The number of carbonyl (C=O) groups excluding carboxylic acids is 3. The van der Waals surface area contributed by atoms with Crippen LogP contribution in [0.15, 0.2) is 36.0 Å². The van der Waals surface area contributed by atoms with E-state index in [1.54, 1.807) is 6.92 Å². The summed E-state index contributed by atoms with van der Waals surface area (Å²) in [6.45, 7) is 5.67. The molecule has 0 amide bonds. The number of epoxide rings is 1. The van der Waals surface area contributed by atoms with Gasteiger partial charge in [-0.25, -0.2) is 14.4 Å². The molecule has 0 aromatic carbocycles. The molecule has 0 radical (unpaired) electrons. The second-order valence-electron chi connectivity index (χ2n) is 11.1. The van der Waals surface area contributed by atoms with Crippen LogP contribution in [0.4, 0.5) is 0 Å². The number of hydrogen-bond acceptors (Lipinski definition) is 10. The van der Waals surface area contributed by atoms with Crippen molar-refractivity contribution in [3.8, 4) is 0 Å². The molecule has 3 heterocycles. The smallest absolute Gasteiger partial charge is 0.335 e. The first-order valence-electron chi connectivity index (χ1n) is 12.8. The fourth-order valence-corrected chi connectivity index (χ4v) is 6.66. The van der Waals surface area contributed by atoms with Gasteiger partial charge in [0.1, 0.15) is 18.3 Å². The molecule has 9 atom stereocenters. The van der Waals surface area contributed by atoms with Crippen molar-refractivity contribution in [2.24, 2.45) is 16.7 Å². The van der Waals surface area contributed by atoms with E-state index in [4.69, 9.17) is 23.7 Å². The first-order chi connectivity index (χ1) is 17.5. The van der Waals surface area contributed by atoms with Crippen LogP contribution in [0, 0.1) is 16.7 Å². The Balaban J connectivity index is 1.54. The molecule has 2 spiro atoms. The molecule has 2 bridgehead atoms. The van der Waals surface area contributed by atoms with Gasteiger partial charge in [0.05, 0.1) is 36.9 Å². The summed E-state index contributed by atoms with van der Waals surface area (Å²) in [4.78, 5) is 37.6. The number of hydrogen-bond donors (Lipinski definition) is 2. The van der Waals surface area contributed by atoms with Gasteiger partial charge >= 0.3 is 17.9 Å². The van der Waals surface area contributed by atoms with Gasteiger partial charge in [-0.05, 0) is 31.3 Å². The number of aliphatic hydroxyl groups excluding tert-OH is 2. The lowest BCUT2D eigenvalue weighted by Gasteiger charge is -2.58. The number of carbonyl (C=O) groups is 3. The van der Waals surface area contributed by atoms with E-state index in [1.165, 1.54) is 24.3 Å². The molecule has 5 aliphatic rings. The van der Waals surface area contributed by atoms with Crippen LogP contribution in [0.5, 0.6) is 0 Å². The zero-order valence-corrected chi connectivity index (χ0v) is 21.3. The Kier molecular flexibility index (Phi) is 6.59. The Morgan fingerprint density at radius 3 is 2.41 bits per heavy atom. The van der Waals surface area contributed by atoms with Gasteiger partial charge in [-0.3, -0.25) is 0 Å². The highest BCUT2D eigenvalue weighted by atomic mass is 16.6. The molecular weight excluding hydrogens is 484 g/mol. The third-order valence-electron chi connectivity index (χ3n) is 9.22. The first-order valence-corrected chi connectivity index (χ1v) is 12.8. The van der Waals surface area contributed by atoms with Crippen LogP contribution in [0.3, 0.4) is 0 Å². The van der Waals surface area contributed by atoms with Crippen molar-refractivity contribution in [3.05, 3.63) is 36.0 Å². The van der Waals surface area contributed by atoms with Gasteiger partial charge in [0.25, 0.3) is 0 Å². The average Bonchev–Trinajstić information content (AvgIpc) is 3.63. The van der Waals surface area contributed by atoms with Crippen molar-refractivity contribution in [3.63, 3.8) is 0 Å². The van der Waals surface area contributed by atoms with Crippen LogP contribution in [-0.4, -0.2) is 84.1 Å². The van der Waals surface area contributed by atoms with Crippen molar-refractivity contribution in [1.29, 1.82) is 0 Å². The van der Waals surface area contributed by atoms with Gasteiger partial charge in [0.2, 0.25) is 0 Å². The van der Waals surface area contributed by atoms with Gasteiger partial charge < -0.3 is 33.9 Å². The molecule has 5 rings (SSSR count). The second-order valence-corrected chi connectivity index (χ2v) is 11.1. The van der Waals surface area contributed by atoms with E-state index in [2.05, 4.69) is 0 Å². The van der Waals surface area contributed by atoms with Gasteiger partial charge in [-0.15, -0.1) is 0 Å². The molecule has 3 aliphatic heterocycles. The zero-order chi connectivity index (χ0) is 26.6. The number of cyclic esters (lactones) is 2. The lowest BCUT2D eigenvalue weighted by molar-refractivity contribution is -0.240. The van der Waals surface area contributed by atoms with Crippen molar-refractivity contribution in [2.75, 3.05) is 19.8 Å². The van der Waals surface area contributed by atoms with Crippen LogP contribution in [0.25, 0.3) is 0 Å². The maximum Gasteiger partial charge on any atom is 0.335 e. The Labute approximate surface area is 215 Å². The quantitative estimate of drug-likeness (QED) is 0.208. The largest absolute Gasteiger partial charge is 0.463 e. The van der Waals surface area contributed by atoms with Crippen molar-refractivity contribution >= 4 is 17.9 Å². The number of aliphatic hydroxyl groups is 2. The summed E-state index contributed by atoms with van der Waals surface area (Å²) in [6, 6.07) is 0. The number of allylic oxidation sites excluding steroid dienone is 2. The standard InChI is InChI=1S/C27H34O10/c1-15-8-9-33-21(29)6-4-5-7-22(30)37-18-11-20-27(14-35-27)25(18,3)26(13-34-24(32)23(15)31)12-17(28)16(2)10-19(26)36-20/h4-7,10,15,17-20,23,28,31H,8-9,11-14H2,1-3H3/b6-4-,7-5-/t15-,17+,18-,19+,20-,23-,25+,26+,27-/m1/s1. The Morgan fingerprint density at radius 2 is 1.70 bits per heavy atom. The molecule has 3 fully saturated rings. The van der Waals surface area contributed by atoms with Crippen LogP contribution in [-0.2, 0) is 38.1 Å². The van der Waals surface area contributed by atoms with Crippen LogP contribution in [0.1, 0.15) is 40.0 Å². The third-order valence-corrected chi connectivity index (χ3v) is 9.22. The molecular formula is C27H34O10. The van der Waals surface area contributed by atoms with E-state index in [0.29, 0.717) is 13.0 Å². The molecule has 37 heavy (non-hydrogen) atoms. The average molecular weight is 519 g/mol.